The number of aromatic nitrogens is 1. The molecule has 0 bridgehead atoms. The monoisotopic (exact) mass is 406 g/mol. The average Bonchev–Trinajstić information content (AvgIpc) is 2.80. The first kappa shape index (κ1) is 21.0. The van der Waals surface area contributed by atoms with Crippen molar-refractivity contribution in [1.29, 1.82) is 0 Å². The summed E-state index contributed by atoms with van der Waals surface area (Å²) in [6.45, 7) is 1.77. The van der Waals surface area contributed by atoms with Crippen molar-refractivity contribution in [2.24, 2.45) is 4.99 Å². The van der Waals surface area contributed by atoms with Crippen molar-refractivity contribution in [3.05, 3.63) is 78.5 Å². The van der Waals surface area contributed by atoms with Crippen LogP contribution in [0.1, 0.15) is 5.56 Å². The lowest BCUT2D eigenvalue weighted by molar-refractivity contribution is 0.322. The van der Waals surface area contributed by atoms with E-state index in [4.69, 9.17) is 14.2 Å². The standard InChI is InChI=1S/C23H26N4O3/c1-24-23(25-13-14-29-19-7-4-3-5-8-19)27-17-18-11-12-22(26-16-18)30-21-10-6-9-20(15-21)28-2/h3-12,15-16H,13-14,17H2,1-2H3,(H2,24,25,27). The molecule has 3 aromatic rings. The van der Waals surface area contributed by atoms with Crippen molar-refractivity contribution in [2.45, 2.75) is 6.54 Å². The highest BCUT2D eigenvalue weighted by Gasteiger charge is 2.03. The Morgan fingerprint density at radius 3 is 2.47 bits per heavy atom. The van der Waals surface area contributed by atoms with E-state index in [1.54, 1.807) is 20.4 Å². The molecule has 0 unspecified atom stereocenters. The number of para-hydroxylation sites is 1. The summed E-state index contributed by atoms with van der Waals surface area (Å²) in [6.07, 6.45) is 1.77. The number of methoxy groups -OCH3 is 1. The summed E-state index contributed by atoms with van der Waals surface area (Å²) in [5.74, 6) is 3.48. The zero-order valence-corrected chi connectivity index (χ0v) is 17.2. The molecule has 0 aliphatic heterocycles. The van der Waals surface area contributed by atoms with Gasteiger partial charge in [0.05, 0.1) is 13.7 Å². The summed E-state index contributed by atoms with van der Waals surface area (Å²) >= 11 is 0. The maximum Gasteiger partial charge on any atom is 0.219 e. The fourth-order valence-corrected chi connectivity index (χ4v) is 2.62. The van der Waals surface area contributed by atoms with Crippen LogP contribution >= 0.6 is 0 Å². The molecule has 0 atom stereocenters. The molecule has 7 nitrogen and oxygen atoms in total. The van der Waals surface area contributed by atoms with Gasteiger partial charge in [0.15, 0.2) is 5.96 Å². The highest BCUT2D eigenvalue weighted by Crippen LogP contribution is 2.23. The molecule has 156 valence electrons. The minimum atomic E-state index is 0.521. The number of nitrogens with zero attached hydrogens (tertiary/aromatic N) is 2. The molecule has 30 heavy (non-hydrogen) atoms. The summed E-state index contributed by atoms with van der Waals surface area (Å²) in [4.78, 5) is 8.58. The van der Waals surface area contributed by atoms with Crippen LogP contribution in [0.25, 0.3) is 0 Å². The zero-order chi connectivity index (χ0) is 21.0. The number of nitrogens with one attached hydrogen (secondary N) is 2. The molecule has 3 rings (SSSR count). The van der Waals surface area contributed by atoms with Gasteiger partial charge in [-0.15, -0.1) is 0 Å². The van der Waals surface area contributed by atoms with E-state index in [0.717, 1.165) is 17.1 Å². The Balaban J connectivity index is 1.41. The van der Waals surface area contributed by atoms with Gasteiger partial charge in [0, 0.05) is 31.9 Å². The Morgan fingerprint density at radius 1 is 0.933 bits per heavy atom. The first-order chi connectivity index (χ1) is 14.8. The summed E-state index contributed by atoms with van der Waals surface area (Å²) in [5, 5.41) is 6.48. The van der Waals surface area contributed by atoms with Crippen LogP contribution in [0.5, 0.6) is 23.1 Å². The predicted octanol–water partition coefficient (Wildman–Crippen LogP) is 3.63. The first-order valence-electron chi connectivity index (χ1n) is 9.66. The average molecular weight is 406 g/mol. The van der Waals surface area contributed by atoms with Crippen LogP contribution in [0.15, 0.2) is 77.9 Å². The van der Waals surface area contributed by atoms with Gasteiger partial charge < -0.3 is 24.8 Å². The quantitative estimate of drug-likeness (QED) is 0.321. The normalized spacial score (nSPS) is 10.9. The Hall–Kier alpha value is -3.74. The van der Waals surface area contributed by atoms with Gasteiger partial charge in [0.2, 0.25) is 5.88 Å². The molecule has 0 spiro atoms. The van der Waals surface area contributed by atoms with Crippen LogP contribution in [-0.2, 0) is 6.54 Å². The smallest absolute Gasteiger partial charge is 0.219 e. The van der Waals surface area contributed by atoms with E-state index in [1.165, 1.54) is 0 Å². The third-order valence-corrected chi connectivity index (χ3v) is 4.15. The minimum Gasteiger partial charge on any atom is -0.497 e. The van der Waals surface area contributed by atoms with Crippen LogP contribution < -0.4 is 24.8 Å². The largest absolute Gasteiger partial charge is 0.497 e. The Morgan fingerprint density at radius 2 is 1.73 bits per heavy atom. The second-order valence-corrected chi connectivity index (χ2v) is 6.30. The maximum atomic E-state index is 5.76. The summed E-state index contributed by atoms with van der Waals surface area (Å²) < 4.78 is 16.6. The van der Waals surface area contributed by atoms with E-state index in [1.807, 2.05) is 66.7 Å². The van der Waals surface area contributed by atoms with Gasteiger partial charge in [0.1, 0.15) is 23.9 Å². The number of benzene rings is 2. The SMILES string of the molecule is CN=C(NCCOc1ccccc1)NCc1ccc(Oc2cccc(OC)c2)nc1. The van der Waals surface area contributed by atoms with E-state index >= 15 is 0 Å². The number of ether oxygens (including phenoxy) is 3. The molecule has 0 fully saturated rings. The van der Waals surface area contributed by atoms with E-state index in [9.17, 15) is 0 Å². The van der Waals surface area contributed by atoms with Crippen LogP contribution in [0.2, 0.25) is 0 Å². The zero-order valence-electron chi connectivity index (χ0n) is 17.2. The molecule has 1 aromatic heterocycles. The molecule has 0 aliphatic rings. The van der Waals surface area contributed by atoms with Crippen LogP contribution in [0, 0.1) is 0 Å². The number of aliphatic imine (C=N–C) groups is 1. The lowest BCUT2D eigenvalue weighted by Crippen LogP contribution is -2.38. The molecule has 0 saturated heterocycles. The van der Waals surface area contributed by atoms with Gasteiger partial charge in [-0.1, -0.05) is 30.3 Å². The Bertz CT molecular complexity index is 931. The summed E-state index contributed by atoms with van der Waals surface area (Å²) in [6, 6.07) is 20.9. The van der Waals surface area contributed by atoms with Crippen LogP contribution in [-0.4, -0.2) is 38.3 Å². The van der Waals surface area contributed by atoms with Gasteiger partial charge in [-0.2, -0.15) is 0 Å². The van der Waals surface area contributed by atoms with E-state index in [2.05, 4.69) is 20.6 Å². The third-order valence-electron chi connectivity index (χ3n) is 4.15. The molecule has 2 aromatic carbocycles. The summed E-state index contributed by atoms with van der Waals surface area (Å²) in [5.41, 5.74) is 1.01. The second kappa shape index (κ2) is 11.3. The van der Waals surface area contributed by atoms with E-state index in [-0.39, 0.29) is 0 Å². The molecule has 0 radical (unpaired) electrons. The molecule has 0 aliphatic carbocycles. The third kappa shape index (κ3) is 6.70. The molecular weight excluding hydrogens is 380 g/mol. The van der Waals surface area contributed by atoms with Crippen LogP contribution in [0.3, 0.4) is 0 Å². The van der Waals surface area contributed by atoms with Crippen LogP contribution in [0.4, 0.5) is 0 Å². The number of pyridine rings is 1. The van der Waals surface area contributed by atoms with Gasteiger partial charge in [-0.3, -0.25) is 4.99 Å². The molecule has 0 amide bonds. The number of hydrogen-bond acceptors (Lipinski definition) is 5. The van der Waals surface area contributed by atoms with Gasteiger partial charge in [0.25, 0.3) is 0 Å². The predicted molar refractivity (Wildman–Crippen MR) is 117 cm³/mol. The highest BCUT2D eigenvalue weighted by molar-refractivity contribution is 5.79. The lowest BCUT2D eigenvalue weighted by Gasteiger charge is -2.13. The fraction of sp³-hybridized carbons (Fsp3) is 0.217. The number of rotatable bonds is 9. The first-order valence-corrected chi connectivity index (χ1v) is 9.66. The summed E-state index contributed by atoms with van der Waals surface area (Å²) in [7, 11) is 3.36. The molecular formula is C23H26N4O3. The van der Waals surface area contributed by atoms with E-state index < -0.39 is 0 Å². The van der Waals surface area contributed by atoms with Crippen molar-refractivity contribution in [1.82, 2.24) is 15.6 Å². The van der Waals surface area contributed by atoms with Gasteiger partial charge in [-0.05, 0) is 29.8 Å². The fourth-order valence-electron chi connectivity index (χ4n) is 2.62. The molecule has 7 heteroatoms. The van der Waals surface area contributed by atoms with Crippen molar-refractivity contribution in [2.75, 3.05) is 27.3 Å². The molecule has 2 N–H and O–H groups in total. The highest BCUT2D eigenvalue weighted by atomic mass is 16.5. The van der Waals surface area contributed by atoms with E-state index in [0.29, 0.717) is 37.3 Å². The minimum absolute atomic E-state index is 0.521. The molecule has 0 saturated carbocycles. The number of hydrogen-bond donors (Lipinski definition) is 2. The van der Waals surface area contributed by atoms with Gasteiger partial charge in [-0.25, -0.2) is 4.98 Å². The Labute approximate surface area is 176 Å². The lowest BCUT2D eigenvalue weighted by atomic mass is 10.3. The van der Waals surface area contributed by atoms with Crippen molar-refractivity contribution in [3.8, 4) is 23.1 Å². The van der Waals surface area contributed by atoms with Crippen molar-refractivity contribution >= 4 is 5.96 Å². The second-order valence-electron chi connectivity index (χ2n) is 6.30. The van der Waals surface area contributed by atoms with Crippen molar-refractivity contribution < 1.29 is 14.2 Å². The number of guanidine groups is 1. The maximum absolute atomic E-state index is 5.76. The Kier molecular flexibility index (Phi) is 7.91. The molecule has 1 heterocycles. The van der Waals surface area contributed by atoms with Crippen molar-refractivity contribution in [3.63, 3.8) is 0 Å². The van der Waals surface area contributed by atoms with Gasteiger partial charge >= 0.3 is 0 Å². The topological polar surface area (TPSA) is 77.0 Å².